The number of aromatic nitrogens is 3. The fraction of sp³-hybridized carbons (Fsp3) is 0.0667. The molecule has 3 rings (SSSR count). The third kappa shape index (κ3) is 4.23. The minimum atomic E-state index is -4.74. The highest BCUT2D eigenvalue weighted by Crippen LogP contribution is 2.28. The summed E-state index contributed by atoms with van der Waals surface area (Å²) in [4.78, 5) is 11.8. The van der Waals surface area contributed by atoms with Gasteiger partial charge in [-0.3, -0.25) is 5.32 Å². The number of hydrogen-bond donors (Lipinski definition) is 1. The summed E-state index contributed by atoms with van der Waals surface area (Å²) in [6, 6.07) is 7.12. The summed E-state index contributed by atoms with van der Waals surface area (Å²) in [5, 5.41) is 11.4. The quantitative estimate of drug-likeness (QED) is 0.769. The standard InChI is InChI=1S/C15H8F3N5O2/c16-15(17,18)25-11-3-1-9(2-4-11)12-7-22-14(24-12)23-13-8-20-10(5-19)6-21-13/h1-4,6-8H,(H,21,22,23). The predicted molar refractivity (Wildman–Crippen MR) is 78.7 cm³/mol. The van der Waals surface area contributed by atoms with Crippen molar-refractivity contribution >= 4 is 11.8 Å². The molecule has 0 fully saturated rings. The Kier molecular flexibility index (Phi) is 4.21. The minimum Gasteiger partial charge on any atom is -0.423 e. The Bertz CT molecular complexity index is 899. The highest BCUT2D eigenvalue weighted by molar-refractivity contribution is 5.59. The van der Waals surface area contributed by atoms with Crippen molar-refractivity contribution in [3.05, 3.63) is 48.5 Å². The molecule has 25 heavy (non-hydrogen) atoms. The van der Waals surface area contributed by atoms with Crippen molar-refractivity contribution in [1.82, 2.24) is 15.0 Å². The van der Waals surface area contributed by atoms with Crippen LogP contribution < -0.4 is 10.1 Å². The Morgan fingerprint density at radius 2 is 1.80 bits per heavy atom. The lowest BCUT2D eigenvalue weighted by atomic mass is 10.2. The number of anilines is 2. The van der Waals surface area contributed by atoms with E-state index in [1.165, 1.54) is 42.9 Å². The molecule has 3 aromatic rings. The zero-order valence-electron chi connectivity index (χ0n) is 12.3. The summed E-state index contributed by atoms with van der Waals surface area (Å²) in [5.74, 6) is 0.325. The molecule has 2 heterocycles. The van der Waals surface area contributed by atoms with Crippen molar-refractivity contribution in [1.29, 1.82) is 5.26 Å². The lowest BCUT2D eigenvalue weighted by Crippen LogP contribution is -2.16. The molecule has 7 nitrogen and oxygen atoms in total. The van der Waals surface area contributed by atoms with Gasteiger partial charge < -0.3 is 9.15 Å². The van der Waals surface area contributed by atoms with Crippen LogP contribution in [0, 0.1) is 11.3 Å². The third-order valence-electron chi connectivity index (χ3n) is 2.88. The van der Waals surface area contributed by atoms with Crippen LogP contribution in [0.25, 0.3) is 11.3 Å². The maximum Gasteiger partial charge on any atom is 0.573 e. The molecule has 0 atom stereocenters. The van der Waals surface area contributed by atoms with Gasteiger partial charge in [-0.25, -0.2) is 15.0 Å². The van der Waals surface area contributed by atoms with E-state index < -0.39 is 6.36 Å². The summed E-state index contributed by atoms with van der Waals surface area (Å²) < 4.78 is 45.7. The zero-order valence-corrected chi connectivity index (χ0v) is 12.3. The molecule has 0 amide bonds. The second kappa shape index (κ2) is 6.48. The molecule has 0 bridgehead atoms. The molecule has 0 saturated heterocycles. The molecule has 2 aromatic heterocycles. The highest BCUT2D eigenvalue weighted by atomic mass is 19.4. The molecule has 0 saturated carbocycles. The van der Waals surface area contributed by atoms with Gasteiger partial charge in [0.2, 0.25) is 0 Å². The minimum absolute atomic E-state index is 0.115. The lowest BCUT2D eigenvalue weighted by molar-refractivity contribution is -0.274. The Balaban J connectivity index is 1.71. The second-order valence-electron chi connectivity index (χ2n) is 4.63. The van der Waals surface area contributed by atoms with E-state index >= 15 is 0 Å². The summed E-state index contributed by atoms with van der Waals surface area (Å²) in [7, 11) is 0. The van der Waals surface area contributed by atoms with Gasteiger partial charge in [-0.1, -0.05) is 0 Å². The van der Waals surface area contributed by atoms with Gasteiger partial charge in [-0.15, -0.1) is 13.2 Å². The number of benzene rings is 1. The van der Waals surface area contributed by atoms with Crippen LogP contribution in [0.5, 0.6) is 5.75 Å². The maximum atomic E-state index is 12.1. The number of rotatable bonds is 4. The summed E-state index contributed by atoms with van der Waals surface area (Å²) in [5.41, 5.74) is 0.681. The van der Waals surface area contributed by atoms with E-state index in [1.54, 1.807) is 0 Å². The average molecular weight is 347 g/mol. The lowest BCUT2D eigenvalue weighted by Gasteiger charge is -2.08. The Morgan fingerprint density at radius 1 is 1.04 bits per heavy atom. The molecule has 0 radical (unpaired) electrons. The topological polar surface area (TPSA) is 96.9 Å². The van der Waals surface area contributed by atoms with Gasteiger partial charge in [0.05, 0.1) is 18.6 Å². The van der Waals surface area contributed by atoms with Gasteiger partial charge in [0.1, 0.15) is 11.8 Å². The van der Waals surface area contributed by atoms with Crippen LogP contribution >= 0.6 is 0 Å². The molecular weight excluding hydrogens is 339 g/mol. The van der Waals surface area contributed by atoms with Gasteiger partial charge >= 0.3 is 12.4 Å². The van der Waals surface area contributed by atoms with Crippen LogP contribution in [0.15, 0.2) is 47.3 Å². The fourth-order valence-corrected chi connectivity index (χ4v) is 1.85. The van der Waals surface area contributed by atoms with Crippen LogP contribution in [0.2, 0.25) is 0 Å². The van der Waals surface area contributed by atoms with Gasteiger partial charge in [-0.05, 0) is 24.3 Å². The van der Waals surface area contributed by atoms with E-state index in [9.17, 15) is 13.2 Å². The molecule has 0 unspecified atom stereocenters. The van der Waals surface area contributed by atoms with Crippen molar-refractivity contribution in [2.45, 2.75) is 6.36 Å². The van der Waals surface area contributed by atoms with Gasteiger partial charge in [0.15, 0.2) is 17.3 Å². The van der Waals surface area contributed by atoms with Gasteiger partial charge in [-0.2, -0.15) is 5.26 Å². The maximum absolute atomic E-state index is 12.1. The van der Waals surface area contributed by atoms with Crippen molar-refractivity contribution in [2.75, 3.05) is 5.32 Å². The molecule has 0 aliphatic rings. The van der Waals surface area contributed by atoms with E-state index in [0.29, 0.717) is 17.1 Å². The summed E-state index contributed by atoms with van der Waals surface area (Å²) in [6.07, 6.45) is -0.719. The number of ether oxygens (including phenoxy) is 1. The molecular formula is C15H8F3N5O2. The number of nitriles is 1. The fourth-order valence-electron chi connectivity index (χ4n) is 1.85. The van der Waals surface area contributed by atoms with Crippen LogP contribution in [-0.4, -0.2) is 21.3 Å². The van der Waals surface area contributed by atoms with E-state index in [4.69, 9.17) is 9.68 Å². The molecule has 10 heteroatoms. The van der Waals surface area contributed by atoms with Crippen LogP contribution in [0.4, 0.5) is 25.0 Å². The number of nitrogens with one attached hydrogen (secondary N) is 1. The molecule has 1 aromatic carbocycles. The largest absolute Gasteiger partial charge is 0.573 e. The Hall–Kier alpha value is -3.61. The van der Waals surface area contributed by atoms with Crippen molar-refractivity contribution in [3.8, 4) is 23.1 Å². The van der Waals surface area contributed by atoms with Crippen molar-refractivity contribution < 1.29 is 22.3 Å². The molecule has 1 N–H and O–H groups in total. The predicted octanol–water partition coefficient (Wildman–Crippen LogP) is 3.65. The van der Waals surface area contributed by atoms with E-state index in [-0.39, 0.29) is 17.5 Å². The SMILES string of the molecule is N#Cc1cnc(Nc2ncc(-c3ccc(OC(F)(F)F)cc3)o2)cn1. The second-order valence-corrected chi connectivity index (χ2v) is 4.63. The molecule has 126 valence electrons. The number of halogens is 3. The van der Waals surface area contributed by atoms with Crippen LogP contribution in [-0.2, 0) is 0 Å². The van der Waals surface area contributed by atoms with E-state index in [1.807, 2.05) is 6.07 Å². The number of hydrogen-bond acceptors (Lipinski definition) is 7. The zero-order chi connectivity index (χ0) is 17.9. The molecule has 0 spiro atoms. The first-order valence-electron chi connectivity index (χ1n) is 6.74. The number of oxazole rings is 1. The van der Waals surface area contributed by atoms with Gasteiger partial charge in [0, 0.05) is 5.56 Å². The Morgan fingerprint density at radius 3 is 2.40 bits per heavy atom. The smallest absolute Gasteiger partial charge is 0.423 e. The average Bonchev–Trinajstić information content (AvgIpc) is 3.03. The summed E-state index contributed by atoms with van der Waals surface area (Å²) >= 11 is 0. The van der Waals surface area contributed by atoms with Crippen molar-refractivity contribution in [3.63, 3.8) is 0 Å². The molecule has 0 aliphatic heterocycles. The van der Waals surface area contributed by atoms with E-state index in [0.717, 1.165) is 0 Å². The highest BCUT2D eigenvalue weighted by Gasteiger charge is 2.31. The number of nitrogens with zero attached hydrogens (tertiary/aromatic N) is 4. The van der Waals surface area contributed by atoms with Crippen molar-refractivity contribution in [2.24, 2.45) is 0 Å². The van der Waals surface area contributed by atoms with Gasteiger partial charge in [0.25, 0.3) is 0 Å². The monoisotopic (exact) mass is 347 g/mol. The Labute approximate surface area is 138 Å². The van der Waals surface area contributed by atoms with Crippen LogP contribution in [0.1, 0.15) is 5.69 Å². The normalized spacial score (nSPS) is 11.0. The first kappa shape index (κ1) is 16.3. The summed E-state index contributed by atoms with van der Waals surface area (Å²) in [6.45, 7) is 0. The van der Waals surface area contributed by atoms with E-state index in [2.05, 4.69) is 25.0 Å². The molecule has 0 aliphatic carbocycles. The van der Waals surface area contributed by atoms with Crippen LogP contribution in [0.3, 0.4) is 0 Å². The number of alkyl halides is 3. The first-order valence-corrected chi connectivity index (χ1v) is 6.74. The third-order valence-corrected chi connectivity index (χ3v) is 2.88. The first-order chi connectivity index (χ1) is 11.9.